The summed E-state index contributed by atoms with van der Waals surface area (Å²) in [6.07, 6.45) is 4.35. The van der Waals surface area contributed by atoms with Gasteiger partial charge < -0.3 is 10.6 Å². The van der Waals surface area contributed by atoms with Gasteiger partial charge in [0, 0.05) is 24.3 Å². The molecule has 5 nitrogen and oxygen atoms in total. The number of primary amides is 1. The number of carbonyl (C=O) groups excluding carboxylic acids is 2. The fourth-order valence-corrected chi connectivity index (χ4v) is 3.21. The molecule has 2 N–H and O–H groups in total. The first-order valence-corrected chi connectivity index (χ1v) is 8.70. The number of pyridine rings is 1. The van der Waals surface area contributed by atoms with Crippen LogP contribution in [0.5, 0.6) is 0 Å². The van der Waals surface area contributed by atoms with E-state index in [-0.39, 0.29) is 18.9 Å². The minimum absolute atomic E-state index is 0.116. The van der Waals surface area contributed by atoms with E-state index in [1.54, 1.807) is 11.0 Å². The average Bonchev–Trinajstić information content (AvgIpc) is 2.61. The predicted octanol–water partition coefficient (Wildman–Crippen LogP) is 2.79. The van der Waals surface area contributed by atoms with Crippen LogP contribution in [0.15, 0.2) is 36.4 Å². The van der Waals surface area contributed by atoms with Crippen molar-refractivity contribution < 1.29 is 9.59 Å². The monoisotopic (exact) mass is 337 g/mol. The number of nitrogens with two attached hydrogens (primary N) is 1. The normalized spacial score (nSPS) is 13.2. The number of amides is 2. The number of nitrogens with zero attached hydrogens (tertiary/aromatic N) is 2. The number of anilines is 1. The Morgan fingerprint density at radius 2 is 1.96 bits per heavy atom. The molecule has 0 fully saturated rings. The van der Waals surface area contributed by atoms with Crippen LogP contribution in [0, 0.1) is 6.92 Å². The van der Waals surface area contributed by atoms with Crippen molar-refractivity contribution in [3.63, 3.8) is 0 Å². The van der Waals surface area contributed by atoms with Gasteiger partial charge in [0.15, 0.2) is 0 Å². The number of carbonyl (C=O) groups is 2. The predicted molar refractivity (Wildman–Crippen MR) is 97.5 cm³/mol. The molecule has 0 saturated carbocycles. The number of aromatic nitrogens is 1. The number of hydrogen-bond acceptors (Lipinski definition) is 3. The van der Waals surface area contributed by atoms with Gasteiger partial charge in [-0.15, -0.1) is 0 Å². The van der Waals surface area contributed by atoms with Gasteiger partial charge in [-0.05, 0) is 61.9 Å². The summed E-state index contributed by atoms with van der Waals surface area (Å²) in [6.45, 7) is 2.22. The second kappa shape index (κ2) is 7.47. The largest absolute Gasteiger partial charge is 0.370 e. The van der Waals surface area contributed by atoms with Gasteiger partial charge in [-0.2, -0.15) is 0 Å². The van der Waals surface area contributed by atoms with E-state index in [1.807, 2.05) is 37.3 Å². The van der Waals surface area contributed by atoms with Crippen LogP contribution < -0.4 is 10.6 Å². The second-order valence-corrected chi connectivity index (χ2v) is 6.52. The van der Waals surface area contributed by atoms with Crippen LogP contribution in [0.4, 0.5) is 5.69 Å². The smallest absolute Gasteiger partial charge is 0.276 e. The van der Waals surface area contributed by atoms with E-state index >= 15 is 0 Å². The highest BCUT2D eigenvalue weighted by Gasteiger charge is 2.21. The third kappa shape index (κ3) is 4.05. The molecular weight excluding hydrogens is 314 g/mol. The average molecular weight is 337 g/mol. The van der Waals surface area contributed by atoms with E-state index < -0.39 is 5.91 Å². The van der Waals surface area contributed by atoms with E-state index in [4.69, 9.17) is 5.73 Å². The summed E-state index contributed by atoms with van der Waals surface area (Å²) in [7, 11) is 0. The van der Waals surface area contributed by atoms with Gasteiger partial charge in [0.05, 0.1) is 0 Å². The maximum absolute atomic E-state index is 13.1. The molecule has 2 aromatic rings. The minimum atomic E-state index is -0.427. The zero-order valence-electron chi connectivity index (χ0n) is 14.5. The SMILES string of the molecule is Cc1cccc(N(CCC(N)=O)C(=O)c2ccc3c(n2)CCCC3)c1. The maximum atomic E-state index is 13.1. The minimum Gasteiger partial charge on any atom is -0.370 e. The highest BCUT2D eigenvalue weighted by molar-refractivity contribution is 6.05. The lowest BCUT2D eigenvalue weighted by Crippen LogP contribution is -2.35. The fraction of sp³-hybridized carbons (Fsp3) is 0.350. The van der Waals surface area contributed by atoms with Gasteiger partial charge in [0.1, 0.15) is 5.69 Å². The Balaban J connectivity index is 1.91. The van der Waals surface area contributed by atoms with Crippen LogP contribution in [-0.2, 0) is 17.6 Å². The molecule has 5 heteroatoms. The summed E-state index contributed by atoms with van der Waals surface area (Å²) in [5.41, 5.74) is 9.78. The van der Waals surface area contributed by atoms with Crippen molar-refractivity contribution in [3.8, 4) is 0 Å². The third-order valence-corrected chi connectivity index (χ3v) is 4.54. The molecule has 0 radical (unpaired) electrons. The van der Waals surface area contributed by atoms with Crippen LogP contribution >= 0.6 is 0 Å². The lowest BCUT2D eigenvalue weighted by Gasteiger charge is -2.23. The van der Waals surface area contributed by atoms with Crippen molar-refractivity contribution >= 4 is 17.5 Å². The highest BCUT2D eigenvalue weighted by atomic mass is 16.2. The fourth-order valence-electron chi connectivity index (χ4n) is 3.21. The maximum Gasteiger partial charge on any atom is 0.276 e. The molecule has 130 valence electrons. The molecule has 3 rings (SSSR count). The Morgan fingerprint density at radius 1 is 1.16 bits per heavy atom. The molecule has 1 heterocycles. The third-order valence-electron chi connectivity index (χ3n) is 4.54. The molecule has 1 aromatic heterocycles. The van der Waals surface area contributed by atoms with Crippen LogP contribution in [0.3, 0.4) is 0 Å². The number of aryl methyl sites for hydroxylation is 3. The Kier molecular flexibility index (Phi) is 5.12. The summed E-state index contributed by atoms with van der Waals surface area (Å²) >= 11 is 0. The van der Waals surface area contributed by atoms with Crippen LogP contribution in [0.25, 0.3) is 0 Å². The number of hydrogen-bond donors (Lipinski definition) is 1. The summed E-state index contributed by atoms with van der Waals surface area (Å²) in [5, 5.41) is 0. The summed E-state index contributed by atoms with van der Waals surface area (Å²) < 4.78 is 0. The first-order chi connectivity index (χ1) is 12.0. The molecule has 0 bridgehead atoms. The van der Waals surface area contributed by atoms with Crippen LogP contribution in [0.1, 0.15) is 46.6 Å². The van der Waals surface area contributed by atoms with Crippen molar-refractivity contribution in [2.75, 3.05) is 11.4 Å². The van der Waals surface area contributed by atoms with E-state index in [0.717, 1.165) is 36.2 Å². The van der Waals surface area contributed by atoms with Crippen molar-refractivity contribution in [1.29, 1.82) is 0 Å². The van der Waals surface area contributed by atoms with Crippen LogP contribution in [0.2, 0.25) is 0 Å². The van der Waals surface area contributed by atoms with Gasteiger partial charge in [-0.1, -0.05) is 18.2 Å². The van der Waals surface area contributed by atoms with E-state index in [2.05, 4.69) is 4.98 Å². The Hall–Kier alpha value is -2.69. The van der Waals surface area contributed by atoms with E-state index in [9.17, 15) is 9.59 Å². The molecule has 1 aliphatic carbocycles. The molecule has 0 unspecified atom stereocenters. The second-order valence-electron chi connectivity index (χ2n) is 6.52. The number of rotatable bonds is 5. The number of fused-ring (bicyclic) bond motifs is 1. The van der Waals surface area contributed by atoms with Gasteiger partial charge in [0.25, 0.3) is 5.91 Å². The topological polar surface area (TPSA) is 76.3 Å². The van der Waals surface area contributed by atoms with Gasteiger partial charge in [0.2, 0.25) is 5.91 Å². The first kappa shape index (κ1) is 17.1. The molecule has 0 spiro atoms. The molecule has 0 atom stereocenters. The van der Waals surface area contributed by atoms with Crippen LogP contribution in [-0.4, -0.2) is 23.3 Å². The summed E-state index contributed by atoms with van der Waals surface area (Å²) in [4.78, 5) is 30.5. The molecule has 25 heavy (non-hydrogen) atoms. The standard InChI is InChI=1S/C20H23N3O2/c1-14-5-4-7-16(13-14)23(12-11-19(21)24)20(25)18-10-9-15-6-2-3-8-17(15)22-18/h4-5,7,9-10,13H,2-3,6,8,11-12H2,1H3,(H2,21,24). The van der Waals surface area contributed by atoms with Crippen molar-refractivity contribution in [2.24, 2.45) is 5.73 Å². The van der Waals surface area contributed by atoms with Gasteiger partial charge in [-0.25, -0.2) is 4.98 Å². The van der Waals surface area contributed by atoms with Crippen molar-refractivity contribution in [1.82, 2.24) is 4.98 Å². The number of benzene rings is 1. The summed E-state index contributed by atoms with van der Waals surface area (Å²) in [6, 6.07) is 11.5. The highest BCUT2D eigenvalue weighted by Crippen LogP contribution is 2.22. The van der Waals surface area contributed by atoms with Gasteiger partial charge >= 0.3 is 0 Å². The van der Waals surface area contributed by atoms with E-state index in [0.29, 0.717) is 5.69 Å². The Labute approximate surface area is 147 Å². The lowest BCUT2D eigenvalue weighted by molar-refractivity contribution is -0.117. The lowest BCUT2D eigenvalue weighted by atomic mass is 9.96. The zero-order valence-corrected chi connectivity index (χ0v) is 14.5. The molecule has 0 saturated heterocycles. The molecular formula is C20H23N3O2. The molecule has 1 aromatic carbocycles. The zero-order chi connectivity index (χ0) is 17.8. The quantitative estimate of drug-likeness (QED) is 0.911. The molecule has 1 aliphatic rings. The van der Waals surface area contributed by atoms with E-state index in [1.165, 1.54) is 12.0 Å². The van der Waals surface area contributed by atoms with Gasteiger partial charge in [-0.3, -0.25) is 9.59 Å². The first-order valence-electron chi connectivity index (χ1n) is 8.70. The van der Waals surface area contributed by atoms with Crippen molar-refractivity contribution in [2.45, 2.75) is 39.0 Å². The molecule has 0 aliphatic heterocycles. The Morgan fingerprint density at radius 3 is 2.72 bits per heavy atom. The Bertz CT molecular complexity index is 801. The molecule has 2 amide bonds. The van der Waals surface area contributed by atoms with Crippen molar-refractivity contribution in [3.05, 3.63) is 58.9 Å². The summed E-state index contributed by atoms with van der Waals surface area (Å²) in [5.74, 6) is -0.621.